The van der Waals surface area contributed by atoms with E-state index in [0.717, 1.165) is 39.0 Å². The summed E-state index contributed by atoms with van der Waals surface area (Å²) >= 11 is 5.13. The lowest BCUT2D eigenvalue weighted by Gasteiger charge is -2.38. The van der Waals surface area contributed by atoms with E-state index in [9.17, 15) is 0 Å². The number of hydrogen-bond acceptors (Lipinski definition) is 3. The Labute approximate surface area is 104 Å². The van der Waals surface area contributed by atoms with Crippen LogP contribution in [0.15, 0.2) is 0 Å². The summed E-state index contributed by atoms with van der Waals surface area (Å²) in [6.45, 7) is 6.49. The fraction of sp³-hybridized carbons (Fsp3) is 0.917. The van der Waals surface area contributed by atoms with Crippen LogP contribution in [-0.4, -0.2) is 43.2 Å². The Hall–Kier alpha value is -0.190. The number of nitrogens with two attached hydrogens (primary N) is 1. The van der Waals surface area contributed by atoms with E-state index in [1.165, 1.54) is 13.0 Å². The number of thiocarbonyl (C=S) groups is 1. The third-order valence-corrected chi connectivity index (χ3v) is 4.12. The average Bonchev–Trinajstić information content (AvgIpc) is 2.27. The number of hydrogen-bond donors (Lipinski definition) is 1. The molecule has 16 heavy (non-hydrogen) atoms. The van der Waals surface area contributed by atoms with Gasteiger partial charge in [0.15, 0.2) is 0 Å². The number of ether oxygens (including phenoxy) is 1. The minimum absolute atomic E-state index is 0.0956. The van der Waals surface area contributed by atoms with Crippen molar-refractivity contribution in [2.75, 3.05) is 33.4 Å². The molecule has 0 radical (unpaired) electrons. The molecular weight excluding hydrogens is 220 g/mol. The molecule has 0 bridgehead atoms. The highest BCUT2D eigenvalue weighted by atomic mass is 32.1. The third-order valence-electron chi connectivity index (χ3n) is 3.63. The van der Waals surface area contributed by atoms with Crippen molar-refractivity contribution >= 4 is 17.2 Å². The third kappa shape index (κ3) is 4.00. The molecule has 1 saturated heterocycles. The Morgan fingerprint density at radius 1 is 1.38 bits per heavy atom. The van der Waals surface area contributed by atoms with Gasteiger partial charge in [0.1, 0.15) is 0 Å². The van der Waals surface area contributed by atoms with Crippen molar-refractivity contribution in [3.05, 3.63) is 0 Å². The number of unbranched alkanes of at least 4 members (excludes halogenated alkanes) is 1. The van der Waals surface area contributed by atoms with Gasteiger partial charge in [-0.15, -0.1) is 0 Å². The van der Waals surface area contributed by atoms with E-state index in [1.54, 1.807) is 7.11 Å². The maximum Gasteiger partial charge on any atom is 0.0788 e. The van der Waals surface area contributed by atoms with Gasteiger partial charge in [-0.3, -0.25) is 0 Å². The van der Waals surface area contributed by atoms with Gasteiger partial charge in [0.25, 0.3) is 0 Å². The lowest BCUT2D eigenvalue weighted by molar-refractivity contribution is 0.150. The second-order valence-electron chi connectivity index (χ2n) is 4.97. The van der Waals surface area contributed by atoms with Gasteiger partial charge in [-0.25, -0.2) is 0 Å². The van der Waals surface area contributed by atoms with E-state index in [-0.39, 0.29) is 5.41 Å². The van der Waals surface area contributed by atoms with Gasteiger partial charge >= 0.3 is 0 Å². The molecule has 0 aliphatic carbocycles. The van der Waals surface area contributed by atoms with E-state index < -0.39 is 0 Å². The van der Waals surface area contributed by atoms with Crippen molar-refractivity contribution in [3.8, 4) is 0 Å². The van der Waals surface area contributed by atoms with Crippen LogP contribution in [0.25, 0.3) is 0 Å². The van der Waals surface area contributed by atoms with Crippen LogP contribution in [0.5, 0.6) is 0 Å². The van der Waals surface area contributed by atoms with E-state index in [0.29, 0.717) is 4.99 Å². The summed E-state index contributed by atoms with van der Waals surface area (Å²) in [7, 11) is 1.76. The van der Waals surface area contributed by atoms with Crippen LogP contribution >= 0.6 is 12.2 Å². The highest BCUT2D eigenvalue weighted by Gasteiger charge is 2.32. The second-order valence-corrected chi connectivity index (χ2v) is 5.41. The topological polar surface area (TPSA) is 38.5 Å². The maximum atomic E-state index is 5.78. The zero-order chi connectivity index (χ0) is 12.0. The Morgan fingerprint density at radius 3 is 2.50 bits per heavy atom. The normalized spacial score (nSPS) is 20.9. The largest absolute Gasteiger partial charge is 0.393 e. The predicted molar refractivity (Wildman–Crippen MR) is 71.7 cm³/mol. The molecule has 0 saturated carbocycles. The molecule has 0 aromatic heterocycles. The number of methoxy groups -OCH3 is 1. The lowest BCUT2D eigenvalue weighted by Crippen LogP contribution is -2.44. The van der Waals surface area contributed by atoms with E-state index >= 15 is 0 Å². The summed E-state index contributed by atoms with van der Waals surface area (Å²) in [5.41, 5.74) is 5.88. The fourth-order valence-electron chi connectivity index (χ4n) is 2.10. The van der Waals surface area contributed by atoms with E-state index in [2.05, 4.69) is 11.8 Å². The summed E-state index contributed by atoms with van der Waals surface area (Å²) in [6, 6.07) is 0. The molecule has 1 heterocycles. The van der Waals surface area contributed by atoms with Crippen molar-refractivity contribution in [1.29, 1.82) is 0 Å². The first-order valence-corrected chi connectivity index (χ1v) is 6.50. The molecule has 3 nitrogen and oxygen atoms in total. The Balaban J connectivity index is 2.19. The summed E-state index contributed by atoms with van der Waals surface area (Å²) in [5.74, 6) is 0. The molecular formula is C12H24N2OS. The van der Waals surface area contributed by atoms with Gasteiger partial charge in [0.2, 0.25) is 0 Å². The molecule has 1 aliphatic rings. The minimum Gasteiger partial charge on any atom is -0.393 e. The van der Waals surface area contributed by atoms with Crippen LogP contribution in [0.3, 0.4) is 0 Å². The first kappa shape index (κ1) is 13.9. The Morgan fingerprint density at radius 2 is 2.00 bits per heavy atom. The average molecular weight is 244 g/mol. The first-order valence-electron chi connectivity index (χ1n) is 6.10. The van der Waals surface area contributed by atoms with Crippen molar-refractivity contribution < 1.29 is 4.74 Å². The molecule has 94 valence electrons. The van der Waals surface area contributed by atoms with Gasteiger partial charge in [0.05, 0.1) is 4.99 Å². The molecule has 0 aromatic carbocycles. The van der Waals surface area contributed by atoms with Crippen LogP contribution in [0.1, 0.15) is 32.6 Å². The highest BCUT2D eigenvalue weighted by Crippen LogP contribution is 2.31. The van der Waals surface area contributed by atoms with Gasteiger partial charge in [-0.1, -0.05) is 19.1 Å². The van der Waals surface area contributed by atoms with Crippen LogP contribution in [0.4, 0.5) is 0 Å². The van der Waals surface area contributed by atoms with Crippen LogP contribution in [-0.2, 0) is 4.74 Å². The molecule has 0 spiro atoms. The molecule has 1 aliphatic heterocycles. The summed E-state index contributed by atoms with van der Waals surface area (Å²) in [4.78, 5) is 3.20. The second kappa shape index (κ2) is 6.52. The first-order chi connectivity index (χ1) is 7.58. The zero-order valence-electron chi connectivity index (χ0n) is 10.5. The molecule has 0 amide bonds. The zero-order valence-corrected chi connectivity index (χ0v) is 11.3. The summed E-state index contributed by atoms with van der Waals surface area (Å²) in [6.07, 6.45) is 4.58. The van der Waals surface area contributed by atoms with Crippen LogP contribution in [0.2, 0.25) is 0 Å². The quantitative estimate of drug-likeness (QED) is 0.571. The maximum absolute atomic E-state index is 5.78. The minimum atomic E-state index is 0.0956. The Kier molecular flexibility index (Phi) is 5.66. The molecule has 0 atom stereocenters. The molecule has 1 fully saturated rings. The number of rotatable bonds is 6. The van der Waals surface area contributed by atoms with E-state index in [4.69, 9.17) is 22.7 Å². The standard InChI is InChI=1S/C12H24N2OS/c1-12(11(13)16)5-8-14(9-6-12)7-3-4-10-15-2/h3-10H2,1-2H3,(H2,13,16). The van der Waals surface area contributed by atoms with Gasteiger partial charge in [-0.05, 0) is 45.3 Å². The summed E-state index contributed by atoms with van der Waals surface area (Å²) in [5, 5.41) is 0. The number of likely N-dealkylation sites (tertiary alicyclic amines) is 1. The van der Waals surface area contributed by atoms with Gasteiger partial charge < -0.3 is 15.4 Å². The van der Waals surface area contributed by atoms with Gasteiger partial charge in [-0.2, -0.15) is 0 Å². The summed E-state index contributed by atoms with van der Waals surface area (Å²) < 4.78 is 5.04. The van der Waals surface area contributed by atoms with Crippen molar-refractivity contribution in [2.24, 2.45) is 11.1 Å². The molecule has 1 rings (SSSR count). The van der Waals surface area contributed by atoms with Crippen molar-refractivity contribution in [1.82, 2.24) is 4.90 Å². The monoisotopic (exact) mass is 244 g/mol. The van der Waals surface area contributed by atoms with Crippen LogP contribution < -0.4 is 5.73 Å². The van der Waals surface area contributed by atoms with E-state index in [1.807, 2.05) is 0 Å². The number of piperidine rings is 1. The molecule has 2 N–H and O–H groups in total. The van der Waals surface area contributed by atoms with Crippen LogP contribution in [0, 0.1) is 5.41 Å². The molecule has 4 heteroatoms. The Bertz CT molecular complexity index is 225. The SMILES string of the molecule is COCCCCN1CCC(C)(C(N)=S)CC1. The van der Waals surface area contributed by atoms with Crippen molar-refractivity contribution in [2.45, 2.75) is 32.6 Å². The van der Waals surface area contributed by atoms with Gasteiger partial charge in [0, 0.05) is 19.1 Å². The smallest absolute Gasteiger partial charge is 0.0788 e. The highest BCUT2D eigenvalue weighted by molar-refractivity contribution is 7.80. The fourth-order valence-corrected chi connectivity index (χ4v) is 2.30. The predicted octanol–water partition coefficient (Wildman–Crippen LogP) is 1.80. The van der Waals surface area contributed by atoms with Crippen molar-refractivity contribution in [3.63, 3.8) is 0 Å². The molecule has 0 aromatic rings. The molecule has 0 unspecified atom stereocenters. The number of nitrogens with zero attached hydrogens (tertiary/aromatic N) is 1. The lowest BCUT2D eigenvalue weighted by atomic mass is 9.80.